The van der Waals surface area contributed by atoms with E-state index >= 15 is 0 Å². The quantitative estimate of drug-likeness (QED) is 0.0990. The number of rotatable bonds is 3. The van der Waals surface area contributed by atoms with E-state index < -0.39 is 36.9 Å². The fourth-order valence-electron chi connectivity index (χ4n) is 1.34. The number of ether oxygens (including phenoxy) is 1. The van der Waals surface area contributed by atoms with E-state index in [1.165, 1.54) is 0 Å². The Morgan fingerprint density at radius 2 is 2.00 bits per heavy atom. The summed E-state index contributed by atoms with van der Waals surface area (Å²) in [7, 11) is 0. The molecule has 1 fully saturated rings. The molecule has 92 valence electrons. The van der Waals surface area contributed by atoms with E-state index in [2.05, 4.69) is 14.9 Å². The smallest absolute Gasteiger partial charge is 0.351 e. The van der Waals surface area contributed by atoms with Gasteiger partial charge in [-0.1, -0.05) is 0 Å². The van der Waals surface area contributed by atoms with E-state index in [1.54, 1.807) is 5.43 Å². The number of nitrogens with one attached hydrogen (secondary N) is 1. The third-order valence-corrected chi connectivity index (χ3v) is 2.22. The van der Waals surface area contributed by atoms with E-state index in [4.69, 9.17) is 10.6 Å². The van der Waals surface area contributed by atoms with Crippen molar-refractivity contribution in [1.82, 2.24) is 5.43 Å². The Kier molecular flexibility index (Phi) is 3.88. The van der Waals surface area contributed by atoms with Crippen LogP contribution >= 0.6 is 0 Å². The number of hydrogen-bond donors (Lipinski definition) is 6. The summed E-state index contributed by atoms with van der Waals surface area (Å²) in [5, 5.41) is 49.3. The SMILES string of the molecule is [N-]=[N+]=NNC1(O)O[C@H](CO)[C@@H](O)[C@H](O)[C@H]1O. The normalized spacial score (nSPS) is 43.6. The maximum Gasteiger partial charge on any atom is 0.351 e. The molecule has 1 heterocycles. The van der Waals surface area contributed by atoms with Crippen LogP contribution in [0.3, 0.4) is 0 Å². The van der Waals surface area contributed by atoms with Gasteiger partial charge >= 0.3 is 5.91 Å². The lowest BCUT2D eigenvalue weighted by Crippen LogP contribution is -2.69. The minimum atomic E-state index is -2.57. The number of azide groups is 1. The molecule has 10 nitrogen and oxygen atoms in total. The van der Waals surface area contributed by atoms with E-state index in [0.717, 1.165) is 0 Å². The fourth-order valence-corrected chi connectivity index (χ4v) is 1.34. The van der Waals surface area contributed by atoms with Crippen LogP contribution in [0.1, 0.15) is 0 Å². The van der Waals surface area contributed by atoms with Gasteiger partial charge in [0.1, 0.15) is 18.3 Å². The summed E-state index contributed by atoms with van der Waals surface area (Å²) < 4.78 is 4.69. The van der Waals surface area contributed by atoms with Gasteiger partial charge in [0.25, 0.3) is 0 Å². The highest BCUT2D eigenvalue weighted by atomic mass is 16.7. The van der Waals surface area contributed by atoms with Crippen LogP contribution in [0, 0.1) is 0 Å². The van der Waals surface area contributed by atoms with Crippen molar-refractivity contribution in [3.05, 3.63) is 10.4 Å². The highest BCUT2D eigenvalue weighted by Crippen LogP contribution is 2.26. The Morgan fingerprint density at radius 1 is 1.38 bits per heavy atom. The average Bonchev–Trinajstić information content (AvgIpc) is 2.29. The van der Waals surface area contributed by atoms with Gasteiger partial charge in [-0.05, 0) is 5.22 Å². The zero-order chi connectivity index (χ0) is 12.3. The Balaban J connectivity index is 2.88. The highest BCUT2D eigenvalue weighted by Gasteiger charge is 2.55. The second-order valence-corrected chi connectivity index (χ2v) is 3.26. The average molecular weight is 236 g/mol. The van der Waals surface area contributed by atoms with Crippen LogP contribution in [-0.4, -0.2) is 62.5 Å². The standard InChI is InChI=1S/C6H12N4O6/c7-9-10-8-6(15)5(14)4(13)3(12)2(1-11)16-6/h2-5,8,11-15H,1H2/t2-,3-,4+,5-,6?/m1/s1. The van der Waals surface area contributed by atoms with Gasteiger partial charge in [0.05, 0.1) is 6.61 Å². The third kappa shape index (κ3) is 2.18. The van der Waals surface area contributed by atoms with Crippen LogP contribution in [0.15, 0.2) is 5.22 Å². The number of nitrogens with zero attached hydrogens (tertiary/aromatic N) is 3. The molecule has 6 N–H and O–H groups in total. The zero-order valence-electron chi connectivity index (χ0n) is 8.00. The molecule has 0 aliphatic carbocycles. The fraction of sp³-hybridized carbons (Fsp3) is 1.00. The third-order valence-electron chi connectivity index (χ3n) is 2.22. The lowest BCUT2D eigenvalue weighted by molar-refractivity contribution is -0.362. The topological polar surface area (TPSA) is 171 Å². The molecule has 0 aromatic heterocycles. The largest absolute Gasteiger partial charge is 0.394 e. The summed E-state index contributed by atoms with van der Waals surface area (Å²) in [4.78, 5) is 2.26. The first-order valence-electron chi connectivity index (χ1n) is 4.32. The minimum Gasteiger partial charge on any atom is -0.394 e. The van der Waals surface area contributed by atoms with E-state index in [-0.39, 0.29) is 0 Å². The monoisotopic (exact) mass is 236 g/mol. The van der Waals surface area contributed by atoms with Crippen molar-refractivity contribution in [2.45, 2.75) is 30.3 Å². The van der Waals surface area contributed by atoms with Crippen LogP contribution in [0.4, 0.5) is 0 Å². The van der Waals surface area contributed by atoms with Crippen molar-refractivity contribution >= 4 is 0 Å². The first kappa shape index (κ1) is 12.9. The molecule has 1 aliphatic heterocycles. The summed E-state index contributed by atoms with van der Waals surface area (Å²) in [5.74, 6) is -2.57. The molecule has 0 radical (unpaired) electrons. The lowest BCUT2D eigenvalue weighted by Gasteiger charge is -2.42. The summed E-state index contributed by atoms with van der Waals surface area (Å²) in [5.41, 5.74) is 9.75. The first-order chi connectivity index (χ1) is 7.46. The first-order valence-corrected chi connectivity index (χ1v) is 4.32. The zero-order valence-corrected chi connectivity index (χ0v) is 8.00. The van der Waals surface area contributed by atoms with Crippen LogP contribution < -0.4 is 5.43 Å². The maximum absolute atomic E-state index is 9.63. The van der Waals surface area contributed by atoms with Crippen LogP contribution in [-0.2, 0) is 4.74 Å². The molecular weight excluding hydrogens is 224 g/mol. The number of aliphatic hydroxyl groups excluding tert-OH is 4. The van der Waals surface area contributed by atoms with Crippen molar-refractivity contribution in [2.24, 2.45) is 5.22 Å². The van der Waals surface area contributed by atoms with Gasteiger partial charge in [-0.3, -0.25) is 0 Å². The van der Waals surface area contributed by atoms with Crippen molar-refractivity contribution in [1.29, 1.82) is 0 Å². The predicted molar refractivity (Wildman–Crippen MR) is 47.2 cm³/mol. The maximum atomic E-state index is 9.63. The molecule has 5 atom stereocenters. The number of hydrogen-bond acceptors (Lipinski definition) is 7. The highest BCUT2D eigenvalue weighted by molar-refractivity contribution is 4.94. The molecular formula is C6H12N4O6. The molecule has 0 aromatic carbocycles. The summed E-state index contributed by atoms with van der Waals surface area (Å²) in [6.07, 6.45) is -6.62. The van der Waals surface area contributed by atoms with Crippen molar-refractivity contribution in [3.63, 3.8) is 0 Å². The molecule has 0 bridgehead atoms. The molecule has 1 aliphatic rings. The molecule has 10 heteroatoms. The second-order valence-electron chi connectivity index (χ2n) is 3.26. The van der Waals surface area contributed by atoms with E-state index in [1.807, 2.05) is 0 Å². The Bertz CT molecular complexity index is 295. The molecule has 1 saturated heterocycles. The van der Waals surface area contributed by atoms with Crippen molar-refractivity contribution in [2.75, 3.05) is 6.61 Å². The lowest BCUT2D eigenvalue weighted by atomic mass is 9.97. The van der Waals surface area contributed by atoms with Gasteiger partial charge in [-0.15, -0.1) is 5.53 Å². The van der Waals surface area contributed by atoms with Gasteiger partial charge in [0.15, 0.2) is 6.10 Å². The minimum absolute atomic E-state index is 0.703. The molecule has 0 spiro atoms. The van der Waals surface area contributed by atoms with Gasteiger partial charge in [-0.25, -0.2) is 5.43 Å². The molecule has 1 rings (SSSR count). The van der Waals surface area contributed by atoms with Crippen LogP contribution in [0.2, 0.25) is 0 Å². The molecule has 0 saturated carbocycles. The Morgan fingerprint density at radius 3 is 2.50 bits per heavy atom. The molecule has 1 unspecified atom stereocenters. The second kappa shape index (κ2) is 4.80. The van der Waals surface area contributed by atoms with Gasteiger partial charge < -0.3 is 30.3 Å². The van der Waals surface area contributed by atoms with Gasteiger partial charge in [-0.2, -0.15) is 4.91 Å². The van der Waals surface area contributed by atoms with E-state index in [9.17, 15) is 20.4 Å². The summed E-state index contributed by atoms with van der Waals surface area (Å²) in [6, 6.07) is 0. The Labute approximate surface area is 89.3 Å². The predicted octanol–water partition coefficient (Wildman–Crippen LogP) is -3.08. The summed E-state index contributed by atoms with van der Waals surface area (Å²) in [6.45, 7) is -0.703. The van der Waals surface area contributed by atoms with E-state index in [0.29, 0.717) is 0 Å². The van der Waals surface area contributed by atoms with Crippen molar-refractivity contribution in [3.8, 4) is 0 Å². The molecule has 0 aromatic rings. The molecule has 16 heavy (non-hydrogen) atoms. The Hall–Kier alpha value is -1.13. The van der Waals surface area contributed by atoms with Gasteiger partial charge in [0, 0.05) is 0 Å². The number of aliphatic hydroxyl groups is 5. The van der Waals surface area contributed by atoms with Crippen LogP contribution in [0.25, 0.3) is 10.4 Å². The summed E-state index contributed by atoms with van der Waals surface area (Å²) >= 11 is 0. The van der Waals surface area contributed by atoms with Crippen molar-refractivity contribution < 1.29 is 30.3 Å². The van der Waals surface area contributed by atoms with Gasteiger partial charge in [0.2, 0.25) is 0 Å². The van der Waals surface area contributed by atoms with Crippen LogP contribution in [0.5, 0.6) is 0 Å². The molecule has 0 amide bonds.